The van der Waals surface area contributed by atoms with Gasteiger partial charge in [0.2, 0.25) is 0 Å². The standard InChI is InChI=1S/C26H25N3O3/c1-4-23(25(30)27-18-14-16(2)13-17(3)15-18)32-26(31)20-10-6-5-9-19(20)24-28-21-11-7-8-12-22(21)29-24/h5-15,23H,4H2,1-3H3,(H,27,30)(H,28,29). The molecule has 2 N–H and O–H groups in total. The Morgan fingerprint density at radius 2 is 1.69 bits per heavy atom. The van der Waals surface area contributed by atoms with Gasteiger partial charge in [-0.1, -0.05) is 43.3 Å². The summed E-state index contributed by atoms with van der Waals surface area (Å²) < 4.78 is 5.62. The van der Waals surface area contributed by atoms with Crippen molar-refractivity contribution in [3.05, 3.63) is 83.4 Å². The zero-order valence-electron chi connectivity index (χ0n) is 18.3. The number of benzene rings is 3. The van der Waals surface area contributed by atoms with E-state index in [0.29, 0.717) is 29.1 Å². The van der Waals surface area contributed by atoms with Crippen LogP contribution in [0.15, 0.2) is 66.7 Å². The number of aromatic nitrogens is 2. The first kappa shape index (κ1) is 21.3. The fourth-order valence-electron chi connectivity index (χ4n) is 3.73. The Hall–Kier alpha value is -3.93. The smallest absolute Gasteiger partial charge is 0.339 e. The molecule has 1 amide bonds. The number of carbonyl (C=O) groups is 2. The van der Waals surface area contributed by atoms with Gasteiger partial charge < -0.3 is 15.0 Å². The average molecular weight is 428 g/mol. The van der Waals surface area contributed by atoms with Gasteiger partial charge in [0.25, 0.3) is 5.91 Å². The van der Waals surface area contributed by atoms with Crippen LogP contribution >= 0.6 is 0 Å². The van der Waals surface area contributed by atoms with Gasteiger partial charge in [0.1, 0.15) is 5.82 Å². The summed E-state index contributed by atoms with van der Waals surface area (Å²) in [6, 6.07) is 20.6. The minimum atomic E-state index is -0.910. The lowest BCUT2D eigenvalue weighted by atomic mass is 10.1. The van der Waals surface area contributed by atoms with E-state index < -0.39 is 12.1 Å². The number of carbonyl (C=O) groups excluding carboxylic acids is 2. The van der Waals surface area contributed by atoms with Gasteiger partial charge in [-0.25, -0.2) is 9.78 Å². The number of ether oxygens (including phenoxy) is 1. The molecule has 0 saturated carbocycles. The molecule has 4 aromatic rings. The maximum Gasteiger partial charge on any atom is 0.339 e. The number of nitrogens with one attached hydrogen (secondary N) is 2. The van der Waals surface area contributed by atoms with Gasteiger partial charge in [0.05, 0.1) is 16.6 Å². The van der Waals surface area contributed by atoms with E-state index in [9.17, 15) is 9.59 Å². The van der Waals surface area contributed by atoms with E-state index in [0.717, 1.165) is 22.2 Å². The van der Waals surface area contributed by atoms with Crippen molar-refractivity contribution in [3.8, 4) is 11.4 Å². The maximum atomic E-state index is 13.0. The fourth-order valence-corrected chi connectivity index (χ4v) is 3.73. The fraction of sp³-hybridized carbons (Fsp3) is 0.192. The maximum absolute atomic E-state index is 13.0. The number of hydrogen-bond donors (Lipinski definition) is 2. The second-order valence-corrected chi connectivity index (χ2v) is 7.82. The molecule has 0 radical (unpaired) electrons. The number of para-hydroxylation sites is 2. The molecule has 32 heavy (non-hydrogen) atoms. The lowest BCUT2D eigenvalue weighted by molar-refractivity contribution is -0.124. The van der Waals surface area contributed by atoms with E-state index in [4.69, 9.17) is 4.74 Å². The Bertz CT molecular complexity index is 1240. The number of aromatic amines is 1. The zero-order valence-corrected chi connectivity index (χ0v) is 18.3. The Morgan fingerprint density at radius 3 is 2.41 bits per heavy atom. The molecule has 3 aromatic carbocycles. The molecule has 6 nitrogen and oxygen atoms in total. The molecule has 0 aliphatic rings. The van der Waals surface area contributed by atoms with Crippen LogP contribution < -0.4 is 5.32 Å². The van der Waals surface area contributed by atoms with Crippen LogP contribution in [-0.2, 0) is 9.53 Å². The molecule has 1 aromatic heterocycles. The van der Waals surface area contributed by atoms with Gasteiger partial charge in [-0.3, -0.25) is 4.79 Å². The molecule has 0 fully saturated rings. The van der Waals surface area contributed by atoms with Crippen LogP contribution in [0.3, 0.4) is 0 Å². The second-order valence-electron chi connectivity index (χ2n) is 7.82. The van der Waals surface area contributed by atoms with Crippen molar-refractivity contribution in [3.63, 3.8) is 0 Å². The number of esters is 1. The van der Waals surface area contributed by atoms with E-state index in [1.165, 1.54) is 0 Å². The molecule has 6 heteroatoms. The van der Waals surface area contributed by atoms with Crippen LogP contribution in [0.25, 0.3) is 22.4 Å². The average Bonchev–Trinajstić information content (AvgIpc) is 3.20. The molecule has 0 saturated heterocycles. The number of anilines is 1. The Labute approximate surface area is 186 Å². The number of amides is 1. The highest BCUT2D eigenvalue weighted by Gasteiger charge is 2.24. The zero-order chi connectivity index (χ0) is 22.7. The van der Waals surface area contributed by atoms with Gasteiger partial charge in [-0.15, -0.1) is 0 Å². The number of aryl methyl sites for hydroxylation is 2. The minimum Gasteiger partial charge on any atom is -0.449 e. The van der Waals surface area contributed by atoms with Crippen molar-refractivity contribution >= 4 is 28.6 Å². The third-order valence-electron chi connectivity index (χ3n) is 5.19. The molecule has 1 unspecified atom stereocenters. The molecule has 1 heterocycles. The highest BCUT2D eigenvalue weighted by molar-refractivity contribution is 6.00. The normalized spacial score (nSPS) is 11.8. The Kier molecular flexibility index (Phi) is 6.03. The van der Waals surface area contributed by atoms with Crippen molar-refractivity contribution in [1.29, 1.82) is 0 Å². The lowest BCUT2D eigenvalue weighted by Gasteiger charge is -2.17. The summed E-state index contributed by atoms with van der Waals surface area (Å²) in [5, 5.41) is 2.86. The first-order chi connectivity index (χ1) is 15.4. The van der Waals surface area contributed by atoms with Crippen LogP contribution in [0.1, 0.15) is 34.8 Å². The first-order valence-electron chi connectivity index (χ1n) is 10.6. The van der Waals surface area contributed by atoms with Crippen LogP contribution in [0.4, 0.5) is 5.69 Å². The second kappa shape index (κ2) is 9.06. The van der Waals surface area contributed by atoms with E-state index >= 15 is 0 Å². The summed E-state index contributed by atoms with van der Waals surface area (Å²) in [4.78, 5) is 33.7. The first-order valence-corrected chi connectivity index (χ1v) is 10.6. The largest absolute Gasteiger partial charge is 0.449 e. The number of hydrogen-bond acceptors (Lipinski definition) is 4. The summed E-state index contributed by atoms with van der Waals surface area (Å²) in [6.45, 7) is 5.74. The van der Waals surface area contributed by atoms with Crippen molar-refractivity contribution < 1.29 is 14.3 Å². The lowest BCUT2D eigenvalue weighted by Crippen LogP contribution is -2.32. The van der Waals surface area contributed by atoms with E-state index in [2.05, 4.69) is 15.3 Å². The van der Waals surface area contributed by atoms with Crippen LogP contribution in [0.5, 0.6) is 0 Å². The summed E-state index contributed by atoms with van der Waals surface area (Å²) in [6.07, 6.45) is -0.554. The number of fused-ring (bicyclic) bond motifs is 1. The van der Waals surface area contributed by atoms with Crippen molar-refractivity contribution in [1.82, 2.24) is 9.97 Å². The summed E-state index contributed by atoms with van der Waals surface area (Å²) in [7, 11) is 0. The molecule has 0 aliphatic heterocycles. The van der Waals surface area contributed by atoms with Crippen LogP contribution in [0, 0.1) is 13.8 Å². The van der Waals surface area contributed by atoms with Crippen molar-refractivity contribution in [2.24, 2.45) is 0 Å². The number of rotatable bonds is 6. The third-order valence-corrected chi connectivity index (χ3v) is 5.19. The van der Waals surface area contributed by atoms with Crippen LogP contribution in [-0.4, -0.2) is 27.9 Å². The molecular formula is C26H25N3O3. The summed E-state index contributed by atoms with van der Waals surface area (Å²) >= 11 is 0. The molecule has 1 atom stereocenters. The predicted molar refractivity (Wildman–Crippen MR) is 126 cm³/mol. The van der Waals surface area contributed by atoms with Crippen LogP contribution in [0.2, 0.25) is 0 Å². The predicted octanol–water partition coefficient (Wildman–Crippen LogP) is 5.42. The highest BCUT2D eigenvalue weighted by atomic mass is 16.5. The van der Waals surface area contributed by atoms with Crippen molar-refractivity contribution in [2.45, 2.75) is 33.3 Å². The Morgan fingerprint density at radius 1 is 1.00 bits per heavy atom. The summed E-state index contributed by atoms with van der Waals surface area (Å²) in [5.74, 6) is -0.345. The molecule has 0 bridgehead atoms. The molecule has 4 rings (SSSR count). The Balaban J connectivity index is 1.55. The number of nitrogens with zero attached hydrogens (tertiary/aromatic N) is 1. The van der Waals surface area contributed by atoms with Crippen molar-refractivity contribution in [2.75, 3.05) is 5.32 Å². The molecule has 162 valence electrons. The molecule has 0 spiro atoms. The number of imidazole rings is 1. The van der Waals surface area contributed by atoms with Gasteiger partial charge in [-0.05, 0) is 61.7 Å². The summed E-state index contributed by atoms with van der Waals surface area (Å²) in [5.41, 5.74) is 5.44. The SMILES string of the molecule is CCC(OC(=O)c1ccccc1-c1nc2ccccc2[nH]1)C(=O)Nc1cc(C)cc(C)c1. The third kappa shape index (κ3) is 4.54. The van der Waals surface area contributed by atoms with Gasteiger partial charge in [0.15, 0.2) is 6.10 Å². The topological polar surface area (TPSA) is 84.1 Å². The quantitative estimate of drug-likeness (QED) is 0.402. The monoisotopic (exact) mass is 427 g/mol. The van der Waals surface area contributed by atoms with E-state index in [-0.39, 0.29) is 5.91 Å². The van der Waals surface area contributed by atoms with Gasteiger partial charge in [-0.2, -0.15) is 0 Å². The minimum absolute atomic E-state index is 0.351. The van der Waals surface area contributed by atoms with E-state index in [1.807, 2.05) is 75.4 Å². The van der Waals surface area contributed by atoms with Gasteiger partial charge >= 0.3 is 5.97 Å². The molecule has 0 aliphatic carbocycles. The van der Waals surface area contributed by atoms with Gasteiger partial charge in [0, 0.05) is 11.3 Å². The molecular weight excluding hydrogens is 402 g/mol. The number of H-pyrrole nitrogens is 1. The van der Waals surface area contributed by atoms with E-state index in [1.54, 1.807) is 12.1 Å². The highest BCUT2D eigenvalue weighted by Crippen LogP contribution is 2.25.